The van der Waals surface area contributed by atoms with Gasteiger partial charge in [-0.2, -0.15) is 0 Å². The number of aryl methyl sites for hydroxylation is 1. The average Bonchev–Trinajstić information content (AvgIpc) is 3.09. The van der Waals surface area contributed by atoms with Gasteiger partial charge in [0.05, 0.1) is 6.04 Å². The highest BCUT2D eigenvalue weighted by Crippen LogP contribution is 2.31. The second kappa shape index (κ2) is 5.00. The fourth-order valence-electron chi connectivity index (χ4n) is 2.78. The van der Waals surface area contributed by atoms with Crippen LogP contribution in [0.3, 0.4) is 0 Å². The zero-order valence-electron chi connectivity index (χ0n) is 11.3. The molecule has 1 atom stereocenters. The predicted molar refractivity (Wildman–Crippen MR) is 75.6 cm³/mol. The van der Waals surface area contributed by atoms with Crippen LogP contribution in [0.5, 0.6) is 0 Å². The van der Waals surface area contributed by atoms with Crippen LogP contribution in [0, 0.1) is 6.92 Å². The van der Waals surface area contributed by atoms with Crippen LogP contribution >= 0.6 is 0 Å². The maximum Gasteiger partial charge on any atom is 0.260 e. The van der Waals surface area contributed by atoms with Gasteiger partial charge in [0.25, 0.3) is 11.5 Å². The predicted octanol–water partition coefficient (Wildman–Crippen LogP) is 1.99. The summed E-state index contributed by atoms with van der Waals surface area (Å²) in [5, 5.41) is 0. The van der Waals surface area contributed by atoms with Gasteiger partial charge in [-0.3, -0.25) is 9.59 Å². The van der Waals surface area contributed by atoms with E-state index in [1.54, 1.807) is 24.0 Å². The number of nitrogens with zero attached hydrogens (tertiary/aromatic N) is 1. The summed E-state index contributed by atoms with van der Waals surface area (Å²) in [7, 11) is 0. The zero-order valence-corrected chi connectivity index (χ0v) is 11.3. The summed E-state index contributed by atoms with van der Waals surface area (Å²) in [5.41, 5.74) is 1.69. The Bertz CT molecular complexity index is 673. The van der Waals surface area contributed by atoms with E-state index in [-0.39, 0.29) is 23.1 Å². The van der Waals surface area contributed by atoms with Crippen molar-refractivity contribution >= 4 is 5.91 Å². The number of likely N-dealkylation sites (tertiary alicyclic amines) is 1. The Morgan fingerprint density at radius 2 is 2.20 bits per heavy atom. The van der Waals surface area contributed by atoms with Crippen molar-refractivity contribution < 1.29 is 4.79 Å². The van der Waals surface area contributed by atoms with Crippen molar-refractivity contribution in [3.05, 3.63) is 57.8 Å². The topological polar surface area (TPSA) is 69.0 Å². The van der Waals surface area contributed by atoms with Crippen molar-refractivity contribution in [3.8, 4) is 0 Å². The number of nitrogens with one attached hydrogen (secondary N) is 2. The highest BCUT2D eigenvalue weighted by molar-refractivity contribution is 5.94. The van der Waals surface area contributed by atoms with E-state index in [2.05, 4.69) is 9.97 Å². The van der Waals surface area contributed by atoms with Gasteiger partial charge in [-0.15, -0.1) is 0 Å². The monoisotopic (exact) mass is 271 g/mol. The first-order valence-corrected chi connectivity index (χ1v) is 6.81. The van der Waals surface area contributed by atoms with Crippen LogP contribution in [0.2, 0.25) is 0 Å². The molecule has 3 heterocycles. The lowest BCUT2D eigenvalue weighted by Crippen LogP contribution is -2.34. The second-order valence-corrected chi connectivity index (χ2v) is 5.17. The molecule has 0 radical (unpaired) electrons. The molecule has 0 aromatic carbocycles. The third-order valence-corrected chi connectivity index (χ3v) is 3.78. The Morgan fingerprint density at radius 3 is 2.90 bits per heavy atom. The van der Waals surface area contributed by atoms with E-state index in [1.165, 1.54) is 0 Å². The molecule has 1 saturated heterocycles. The lowest BCUT2D eigenvalue weighted by Gasteiger charge is -2.23. The first-order chi connectivity index (χ1) is 9.66. The summed E-state index contributed by atoms with van der Waals surface area (Å²) in [4.78, 5) is 32.1. The minimum absolute atomic E-state index is 0.0400. The van der Waals surface area contributed by atoms with Gasteiger partial charge in [0.1, 0.15) is 5.56 Å². The highest BCUT2D eigenvalue weighted by Gasteiger charge is 2.32. The van der Waals surface area contributed by atoms with Gasteiger partial charge >= 0.3 is 0 Å². The van der Waals surface area contributed by atoms with Gasteiger partial charge in [0.2, 0.25) is 0 Å². The molecule has 1 aliphatic rings. The van der Waals surface area contributed by atoms with Crippen LogP contribution < -0.4 is 5.56 Å². The second-order valence-electron chi connectivity index (χ2n) is 5.17. The van der Waals surface area contributed by atoms with Gasteiger partial charge in [-0.1, -0.05) is 0 Å². The number of amides is 1. The van der Waals surface area contributed by atoms with E-state index in [9.17, 15) is 9.59 Å². The maximum absolute atomic E-state index is 12.6. The number of carbonyl (C=O) groups is 1. The third-order valence-electron chi connectivity index (χ3n) is 3.78. The Morgan fingerprint density at radius 1 is 1.35 bits per heavy atom. The minimum Gasteiger partial charge on any atom is -0.363 e. The molecule has 5 nitrogen and oxygen atoms in total. The number of rotatable bonds is 2. The molecule has 0 saturated carbocycles. The van der Waals surface area contributed by atoms with E-state index in [0.29, 0.717) is 6.54 Å². The van der Waals surface area contributed by atoms with E-state index >= 15 is 0 Å². The van der Waals surface area contributed by atoms with Crippen molar-refractivity contribution in [3.63, 3.8) is 0 Å². The Kier molecular flexibility index (Phi) is 3.18. The summed E-state index contributed by atoms with van der Waals surface area (Å²) >= 11 is 0. The quantitative estimate of drug-likeness (QED) is 0.877. The molecule has 2 aromatic heterocycles. The number of carbonyl (C=O) groups excluding carboxylic acids is 1. The summed E-state index contributed by atoms with van der Waals surface area (Å²) in [5.74, 6) is -0.191. The van der Waals surface area contributed by atoms with Gasteiger partial charge in [0, 0.05) is 24.1 Å². The maximum atomic E-state index is 12.6. The molecular weight excluding hydrogens is 254 g/mol. The fraction of sp³-hybridized carbons (Fsp3) is 0.333. The van der Waals surface area contributed by atoms with Crippen molar-refractivity contribution in [2.75, 3.05) is 6.54 Å². The number of hydrogen-bond donors (Lipinski definition) is 2. The molecule has 2 aromatic rings. The number of pyridine rings is 1. The Labute approximate surface area is 116 Å². The van der Waals surface area contributed by atoms with E-state index < -0.39 is 0 Å². The van der Waals surface area contributed by atoms with Crippen molar-refractivity contribution in [2.24, 2.45) is 0 Å². The Hall–Kier alpha value is -2.30. The third kappa shape index (κ3) is 2.15. The van der Waals surface area contributed by atoms with Crippen LogP contribution in [-0.2, 0) is 0 Å². The average molecular weight is 271 g/mol. The van der Waals surface area contributed by atoms with E-state index in [1.807, 2.05) is 18.3 Å². The number of aromatic nitrogens is 2. The summed E-state index contributed by atoms with van der Waals surface area (Å²) in [6.45, 7) is 2.49. The van der Waals surface area contributed by atoms with Crippen LogP contribution in [0.15, 0.2) is 35.3 Å². The number of hydrogen-bond acceptors (Lipinski definition) is 2. The zero-order chi connectivity index (χ0) is 14.1. The molecule has 0 aliphatic carbocycles. The summed E-state index contributed by atoms with van der Waals surface area (Å²) in [6.07, 6.45) is 3.74. The molecule has 20 heavy (non-hydrogen) atoms. The molecule has 3 rings (SSSR count). The molecule has 0 spiro atoms. The normalized spacial score (nSPS) is 18.4. The van der Waals surface area contributed by atoms with Gasteiger partial charge in [0.15, 0.2) is 0 Å². The molecule has 1 fully saturated rings. The van der Waals surface area contributed by atoms with Crippen molar-refractivity contribution in [1.82, 2.24) is 14.9 Å². The van der Waals surface area contributed by atoms with Crippen LogP contribution in [-0.4, -0.2) is 27.3 Å². The molecule has 1 amide bonds. The lowest BCUT2D eigenvalue weighted by atomic mass is 10.1. The molecular formula is C15H17N3O2. The smallest absolute Gasteiger partial charge is 0.260 e. The first kappa shape index (κ1) is 12.7. The largest absolute Gasteiger partial charge is 0.363 e. The van der Waals surface area contributed by atoms with Crippen LogP contribution in [0.4, 0.5) is 0 Å². The van der Waals surface area contributed by atoms with E-state index in [4.69, 9.17) is 0 Å². The molecule has 104 valence electrons. The SMILES string of the molecule is Cc1ccc(C(=O)N2CCC[C@@H]2c2ccc[nH]2)c(=O)[nH]1. The lowest BCUT2D eigenvalue weighted by molar-refractivity contribution is 0.0731. The van der Waals surface area contributed by atoms with Gasteiger partial charge in [-0.25, -0.2) is 0 Å². The van der Waals surface area contributed by atoms with Crippen LogP contribution in [0.25, 0.3) is 0 Å². The molecule has 2 N–H and O–H groups in total. The molecule has 5 heteroatoms. The summed E-state index contributed by atoms with van der Waals surface area (Å²) < 4.78 is 0. The molecule has 0 bridgehead atoms. The van der Waals surface area contributed by atoms with E-state index in [0.717, 1.165) is 24.2 Å². The van der Waals surface area contributed by atoms with Crippen molar-refractivity contribution in [1.29, 1.82) is 0 Å². The van der Waals surface area contributed by atoms with Gasteiger partial charge < -0.3 is 14.9 Å². The Balaban J connectivity index is 1.91. The number of aromatic amines is 2. The standard InChI is InChI=1S/C15H17N3O2/c1-10-6-7-11(14(19)17-10)15(20)18-9-3-5-13(18)12-4-2-8-16-12/h2,4,6-8,13,16H,3,5,9H2,1H3,(H,17,19)/t13-/m1/s1. The fourth-order valence-corrected chi connectivity index (χ4v) is 2.78. The van der Waals surface area contributed by atoms with Gasteiger partial charge in [-0.05, 0) is 44.0 Å². The van der Waals surface area contributed by atoms with Crippen LogP contribution in [0.1, 0.15) is 40.6 Å². The molecule has 1 aliphatic heterocycles. The number of H-pyrrole nitrogens is 2. The minimum atomic E-state index is -0.313. The first-order valence-electron chi connectivity index (χ1n) is 6.81. The molecule has 0 unspecified atom stereocenters. The van der Waals surface area contributed by atoms with Crippen molar-refractivity contribution in [2.45, 2.75) is 25.8 Å². The highest BCUT2D eigenvalue weighted by atomic mass is 16.2. The summed E-state index contributed by atoms with van der Waals surface area (Å²) in [6, 6.07) is 7.32.